The summed E-state index contributed by atoms with van der Waals surface area (Å²) in [5.41, 5.74) is 4.13. The van der Waals surface area contributed by atoms with E-state index in [0.29, 0.717) is 17.9 Å². The Labute approximate surface area is 155 Å². The summed E-state index contributed by atoms with van der Waals surface area (Å²) in [5.74, 6) is 1.30. The number of hydrogen-bond acceptors (Lipinski definition) is 3. The lowest BCUT2D eigenvalue weighted by atomic mass is 9.83. The van der Waals surface area contributed by atoms with Crippen LogP contribution in [0.4, 0.5) is 0 Å². The van der Waals surface area contributed by atoms with Crippen LogP contribution in [0.1, 0.15) is 49.0 Å². The van der Waals surface area contributed by atoms with Crippen molar-refractivity contribution in [3.05, 3.63) is 53.6 Å². The largest absolute Gasteiger partial charge is 0.489 e. The molecule has 0 bridgehead atoms. The lowest BCUT2D eigenvalue weighted by molar-refractivity contribution is -0.0749. The van der Waals surface area contributed by atoms with Crippen LogP contribution in [0.25, 0.3) is 11.1 Å². The van der Waals surface area contributed by atoms with Crippen LogP contribution in [0.2, 0.25) is 0 Å². The second-order valence-electron chi connectivity index (χ2n) is 7.85. The number of benzene rings is 2. The van der Waals surface area contributed by atoms with Crippen LogP contribution in [0.5, 0.6) is 5.75 Å². The van der Waals surface area contributed by atoms with Gasteiger partial charge in [0.1, 0.15) is 11.9 Å². The Morgan fingerprint density at radius 1 is 0.962 bits per heavy atom. The molecule has 0 aromatic heterocycles. The van der Waals surface area contributed by atoms with Crippen LogP contribution in [-0.4, -0.2) is 24.1 Å². The summed E-state index contributed by atoms with van der Waals surface area (Å²) >= 11 is 0. The van der Waals surface area contributed by atoms with Gasteiger partial charge in [-0.2, -0.15) is 0 Å². The number of aryl methyl sites for hydroxylation is 1. The maximum absolute atomic E-state index is 12.8. The van der Waals surface area contributed by atoms with E-state index < -0.39 is 0 Å². The Kier molecular flexibility index (Phi) is 4.58. The standard InChI is InChI=1S/C23H26O3/c1-14-5-4-6-17(9-14)18-7-8-22-20(12-18)21(24)13-23(26-22)19-10-15(2)25-16(3)11-19/h4-9,12,15-16,19,23H,10-11,13H2,1-3H3. The highest BCUT2D eigenvalue weighted by atomic mass is 16.5. The van der Waals surface area contributed by atoms with E-state index in [1.54, 1.807) is 0 Å². The van der Waals surface area contributed by atoms with Gasteiger partial charge in [-0.3, -0.25) is 4.79 Å². The molecule has 0 amide bonds. The number of rotatable bonds is 2. The maximum atomic E-state index is 12.8. The van der Waals surface area contributed by atoms with E-state index in [4.69, 9.17) is 9.47 Å². The molecule has 2 heterocycles. The molecule has 1 fully saturated rings. The van der Waals surface area contributed by atoms with Crippen LogP contribution in [0.15, 0.2) is 42.5 Å². The van der Waals surface area contributed by atoms with Crippen LogP contribution < -0.4 is 4.74 Å². The fraction of sp³-hybridized carbons (Fsp3) is 0.435. The SMILES string of the molecule is Cc1cccc(-c2ccc3c(c2)C(=O)CC(C2CC(C)OC(C)C2)O3)c1. The Morgan fingerprint density at radius 3 is 2.42 bits per heavy atom. The topological polar surface area (TPSA) is 35.5 Å². The van der Waals surface area contributed by atoms with Crippen molar-refractivity contribution in [2.24, 2.45) is 5.92 Å². The van der Waals surface area contributed by atoms with E-state index in [1.807, 2.05) is 18.2 Å². The highest BCUT2D eigenvalue weighted by molar-refractivity contribution is 6.01. The molecule has 0 radical (unpaired) electrons. The normalized spacial score (nSPS) is 28.3. The van der Waals surface area contributed by atoms with Crippen molar-refractivity contribution in [1.82, 2.24) is 0 Å². The van der Waals surface area contributed by atoms with Crippen LogP contribution in [0.3, 0.4) is 0 Å². The average molecular weight is 350 g/mol. The van der Waals surface area contributed by atoms with Gasteiger partial charge in [-0.25, -0.2) is 0 Å². The van der Waals surface area contributed by atoms with Crippen LogP contribution in [0, 0.1) is 12.8 Å². The highest BCUT2D eigenvalue weighted by Gasteiger charge is 2.36. The number of ether oxygens (including phenoxy) is 2. The molecular weight excluding hydrogens is 324 g/mol. The fourth-order valence-corrected chi connectivity index (χ4v) is 4.38. The first-order valence-corrected chi connectivity index (χ1v) is 9.56. The van der Waals surface area contributed by atoms with Crippen LogP contribution >= 0.6 is 0 Å². The van der Waals surface area contributed by atoms with Gasteiger partial charge in [-0.1, -0.05) is 35.9 Å². The van der Waals surface area contributed by atoms with Gasteiger partial charge in [0.2, 0.25) is 0 Å². The van der Waals surface area contributed by atoms with Crippen molar-refractivity contribution in [2.45, 2.75) is 58.3 Å². The van der Waals surface area contributed by atoms with Gasteiger partial charge < -0.3 is 9.47 Å². The number of Topliss-reactive ketones (excluding diaryl/α,β-unsaturated/α-hetero) is 1. The number of fused-ring (bicyclic) bond motifs is 1. The lowest BCUT2D eigenvalue weighted by Gasteiger charge is -2.38. The molecule has 3 atom stereocenters. The predicted octanol–water partition coefficient (Wildman–Crippen LogP) is 5.20. The molecule has 3 nitrogen and oxygen atoms in total. The molecule has 2 aliphatic rings. The van der Waals surface area contributed by atoms with Crippen molar-refractivity contribution in [2.75, 3.05) is 0 Å². The van der Waals surface area contributed by atoms with Gasteiger partial charge in [0.25, 0.3) is 0 Å². The maximum Gasteiger partial charge on any atom is 0.170 e. The summed E-state index contributed by atoms with van der Waals surface area (Å²) < 4.78 is 12.1. The molecule has 0 aliphatic carbocycles. The summed E-state index contributed by atoms with van der Waals surface area (Å²) in [5, 5.41) is 0. The van der Waals surface area contributed by atoms with E-state index in [9.17, 15) is 4.79 Å². The van der Waals surface area contributed by atoms with Gasteiger partial charge >= 0.3 is 0 Å². The third-order valence-electron chi connectivity index (χ3n) is 5.56. The van der Waals surface area contributed by atoms with Gasteiger partial charge in [0.15, 0.2) is 5.78 Å². The summed E-state index contributed by atoms with van der Waals surface area (Å²) in [7, 11) is 0. The molecule has 0 saturated carbocycles. The molecule has 136 valence electrons. The minimum atomic E-state index is -0.0337. The van der Waals surface area contributed by atoms with Gasteiger partial charge in [-0.05, 0) is 56.9 Å². The van der Waals surface area contributed by atoms with E-state index >= 15 is 0 Å². The first kappa shape index (κ1) is 17.3. The molecule has 3 unspecified atom stereocenters. The number of ketones is 1. The molecule has 2 aromatic rings. The Morgan fingerprint density at radius 2 is 1.69 bits per heavy atom. The van der Waals surface area contributed by atoms with Gasteiger partial charge in [0, 0.05) is 12.3 Å². The van der Waals surface area contributed by atoms with E-state index in [-0.39, 0.29) is 24.1 Å². The molecule has 0 N–H and O–H groups in total. The Balaban J connectivity index is 1.59. The molecular formula is C23H26O3. The van der Waals surface area contributed by atoms with E-state index in [2.05, 4.69) is 45.0 Å². The third-order valence-corrected chi connectivity index (χ3v) is 5.56. The van der Waals surface area contributed by atoms with E-state index in [1.165, 1.54) is 5.56 Å². The zero-order valence-electron chi connectivity index (χ0n) is 15.7. The zero-order valence-corrected chi connectivity index (χ0v) is 15.7. The quantitative estimate of drug-likeness (QED) is 0.747. The predicted molar refractivity (Wildman–Crippen MR) is 103 cm³/mol. The summed E-state index contributed by atoms with van der Waals surface area (Å²) in [6.07, 6.45) is 2.81. The van der Waals surface area contributed by atoms with Crippen molar-refractivity contribution in [3.8, 4) is 16.9 Å². The lowest BCUT2D eigenvalue weighted by Crippen LogP contribution is -2.41. The molecule has 0 spiro atoms. The van der Waals surface area contributed by atoms with Gasteiger partial charge in [0.05, 0.1) is 17.8 Å². The Hall–Kier alpha value is -2.13. The minimum absolute atomic E-state index is 0.0337. The number of hydrogen-bond donors (Lipinski definition) is 0. The smallest absolute Gasteiger partial charge is 0.170 e. The first-order valence-electron chi connectivity index (χ1n) is 9.56. The number of carbonyl (C=O) groups is 1. The Bertz CT molecular complexity index is 816. The second-order valence-corrected chi connectivity index (χ2v) is 7.85. The fourth-order valence-electron chi connectivity index (χ4n) is 4.38. The highest BCUT2D eigenvalue weighted by Crippen LogP contribution is 2.37. The third kappa shape index (κ3) is 3.41. The molecule has 1 saturated heterocycles. The average Bonchev–Trinajstić information content (AvgIpc) is 2.60. The van der Waals surface area contributed by atoms with Crippen molar-refractivity contribution >= 4 is 5.78 Å². The first-order chi connectivity index (χ1) is 12.5. The number of carbonyl (C=O) groups excluding carboxylic acids is 1. The molecule has 4 rings (SSSR count). The molecule has 26 heavy (non-hydrogen) atoms. The molecule has 2 aromatic carbocycles. The van der Waals surface area contributed by atoms with Crippen molar-refractivity contribution < 1.29 is 14.3 Å². The summed E-state index contributed by atoms with van der Waals surface area (Å²) in [4.78, 5) is 12.8. The van der Waals surface area contributed by atoms with Crippen LogP contribution in [-0.2, 0) is 4.74 Å². The van der Waals surface area contributed by atoms with E-state index in [0.717, 1.165) is 29.7 Å². The molecule has 2 aliphatic heterocycles. The molecule has 3 heteroatoms. The monoisotopic (exact) mass is 350 g/mol. The van der Waals surface area contributed by atoms with Crippen molar-refractivity contribution in [1.29, 1.82) is 0 Å². The summed E-state index contributed by atoms with van der Waals surface area (Å²) in [6.45, 7) is 6.29. The zero-order chi connectivity index (χ0) is 18.3. The van der Waals surface area contributed by atoms with Crippen molar-refractivity contribution in [3.63, 3.8) is 0 Å². The second kappa shape index (κ2) is 6.88. The summed E-state index contributed by atoms with van der Waals surface area (Å²) in [6, 6.07) is 14.3. The van der Waals surface area contributed by atoms with Gasteiger partial charge in [-0.15, -0.1) is 0 Å². The minimum Gasteiger partial charge on any atom is -0.489 e.